The number of nitrogens with one attached hydrogen (secondary N) is 1. The number of rotatable bonds is 5. The van der Waals surface area contributed by atoms with E-state index >= 15 is 0 Å². The van der Waals surface area contributed by atoms with Crippen LogP contribution < -0.4 is 11.2 Å². The molecule has 4 rings (SSSR count). The third-order valence-electron chi connectivity index (χ3n) is 4.95. The van der Waals surface area contributed by atoms with Gasteiger partial charge >= 0.3 is 17.6 Å². The van der Waals surface area contributed by atoms with Gasteiger partial charge in [-0.05, 0) is 31.2 Å². The number of benzene rings is 2. The van der Waals surface area contributed by atoms with Gasteiger partial charge in [-0.1, -0.05) is 36.4 Å². The number of aromatic nitrogens is 2. The monoisotopic (exact) mass is 471 g/mol. The van der Waals surface area contributed by atoms with Crippen molar-refractivity contribution in [1.82, 2.24) is 9.55 Å². The summed E-state index contributed by atoms with van der Waals surface area (Å²) in [4.78, 5) is 49.5. The maximum atomic E-state index is 12.8. The van der Waals surface area contributed by atoms with Crippen LogP contribution in [0.5, 0.6) is 0 Å². The molecule has 0 amide bonds. The van der Waals surface area contributed by atoms with E-state index in [4.69, 9.17) is 27.2 Å². The number of alkyl halides is 1. The van der Waals surface area contributed by atoms with E-state index in [0.29, 0.717) is 0 Å². The van der Waals surface area contributed by atoms with Crippen LogP contribution in [-0.4, -0.2) is 38.8 Å². The van der Waals surface area contributed by atoms with Crippen LogP contribution in [0, 0.1) is 0 Å². The van der Waals surface area contributed by atoms with Gasteiger partial charge in [0.15, 0.2) is 12.3 Å². The number of halogens is 1. The number of hydrogen-bond acceptors (Lipinski definition) is 7. The Balaban J connectivity index is 1.73. The zero-order valence-electron chi connectivity index (χ0n) is 18.3. The summed E-state index contributed by atoms with van der Waals surface area (Å²) in [5.74, 6) is -1.63. The number of carbonyl (C=O) groups is 2. The highest BCUT2D eigenvalue weighted by Gasteiger charge is 2.58. The molecule has 2 aromatic carbocycles. The largest absolute Gasteiger partial charge is 0.450 e. The predicted octanol–water partition coefficient (Wildman–Crippen LogP) is 2.47. The lowest BCUT2D eigenvalue weighted by Gasteiger charge is -2.28. The van der Waals surface area contributed by atoms with Crippen LogP contribution in [0.25, 0.3) is 0 Å². The first-order chi connectivity index (χ1) is 16.1. The van der Waals surface area contributed by atoms with E-state index in [0.717, 1.165) is 16.8 Å². The van der Waals surface area contributed by atoms with E-state index in [-0.39, 0.29) is 11.1 Å². The average molecular weight is 472 g/mol. The smallest absolute Gasteiger partial charge is 0.340 e. The molecular formula is C23H19ClN2O7. The molecule has 2 heterocycles. The number of aromatic amines is 1. The summed E-state index contributed by atoms with van der Waals surface area (Å²) in [6.45, 7) is 1.30. The Labute approximate surface area is 193 Å². The Morgan fingerprint density at radius 3 is 2.09 bits per heavy atom. The molecule has 33 heavy (non-hydrogen) atoms. The van der Waals surface area contributed by atoms with Crippen LogP contribution in [0.4, 0.5) is 0 Å². The molecule has 0 aliphatic carbocycles. The Morgan fingerprint density at radius 2 is 1.55 bits per heavy atom. The molecule has 4 atom stereocenters. The van der Waals surface area contributed by atoms with Crippen molar-refractivity contribution in [1.29, 1.82) is 0 Å². The highest BCUT2D eigenvalue weighted by Crippen LogP contribution is 2.45. The minimum Gasteiger partial charge on any atom is -0.450 e. The zero-order chi connectivity index (χ0) is 24.5. The molecule has 0 unspecified atom stereocenters. The Hall–Kier alpha value is -3.69. The molecular weight excluding hydrogens is 452 g/mol. The van der Waals surface area contributed by atoms with Gasteiger partial charge in [0.25, 0.3) is 5.56 Å². The van der Waals surface area contributed by atoms with Crippen molar-refractivity contribution in [2.75, 3.05) is 0 Å². The molecule has 1 aromatic heterocycles. The number of ether oxygens (including phenoxy) is 3. The lowest BCUT2D eigenvalue weighted by atomic mass is 10.0. The normalized spacial score (nSPS) is 26.9. The molecule has 10 heteroatoms. The summed E-state index contributed by atoms with van der Waals surface area (Å²) in [7, 11) is 0. The summed E-state index contributed by atoms with van der Waals surface area (Å²) in [5.41, 5.74) is -1.32. The van der Waals surface area contributed by atoms with Crippen LogP contribution in [0.2, 0.25) is 0 Å². The van der Waals surface area contributed by atoms with E-state index < -0.39 is 46.7 Å². The van der Waals surface area contributed by atoms with Crippen LogP contribution in [0.15, 0.2) is 82.5 Å². The summed E-state index contributed by atoms with van der Waals surface area (Å²) < 4.78 is 26.3. The third-order valence-corrected chi connectivity index (χ3v) is 5.32. The molecule has 1 saturated heterocycles. The van der Waals surface area contributed by atoms with E-state index in [9.17, 15) is 19.2 Å². The van der Waals surface area contributed by atoms with Crippen LogP contribution in [0.3, 0.4) is 0 Å². The summed E-state index contributed by atoms with van der Waals surface area (Å²) in [6, 6.07) is 17.0. The van der Waals surface area contributed by atoms with Crippen LogP contribution in [-0.2, 0) is 14.2 Å². The lowest BCUT2D eigenvalue weighted by Crippen LogP contribution is -2.45. The topological polar surface area (TPSA) is 117 Å². The molecule has 0 bridgehead atoms. The Bertz CT molecular complexity index is 1330. The summed E-state index contributed by atoms with van der Waals surface area (Å²) >= 11 is 6.71. The lowest BCUT2D eigenvalue weighted by molar-refractivity contribution is -0.149. The molecule has 0 radical (unpaired) electrons. The van der Waals surface area contributed by atoms with Gasteiger partial charge in [-0.15, -0.1) is 11.6 Å². The second-order valence-corrected chi connectivity index (χ2v) is 8.10. The average Bonchev–Trinajstić information content (AvgIpc) is 3.00. The molecule has 3 aromatic rings. The first kappa shape index (κ1) is 21.2. The number of H-pyrrole nitrogens is 1. The number of carbonyl (C=O) groups excluding carboxylic acids is 2. The standard InChI is InChI=1S/C23H19ClN2O7/c1-23(24)17(31-18(28)14-8-4-2-5-9-14)20(32-19(29)15-10-6-3-7-11-15)33-21(23)26-13-12-16(27)25-22(26)30/h2-13,17,20-21H,1H3,(H,25,27,30)/t17-,20+,21-,23-/m1/s1/i21D. The minimum absolute atomic E-state index is 0.180. The van der Waals surface area contributed by atoms with Crippen molar-refractivity contribution in [3.05, 3.63) is 105 Å². The minimum atomic E-state index is -2.43. The first-order valence-corrected chi connectivity index (χ1v) is 10.2. The number of nitrogens with zero attached hydrogens (tertiary/aromatic N) is 1. The SMILES string of the molecule is [2H][C@@]1(n2ccc(=O)[nH]c2=O)O[C@H](OC(=O)c2ccccc2)[C@@H](OC(=O)c2ccccc2)[C@@]1(C)Cl. The maximum Gasteiger partial charge on any atom is 0.340 e. The summed E-state index contributed by atoms with van der Waals surface area (Å²) in [5, 5.41) is 0. The zero-order valence-corrected chi connectivity index (χ0v) is 18.0. The molecule has 0 saturated carbocycles. The van der Waals surface area contributed by atoms with Gasteiger partial charge in [-0.3, -0.25) is 14.3 Å². The fraction of sp³-hybridized carbons (Fsp3) is 0.217. The molecule has 1 aliphatic rings. The summed E-state index contributed by atoms with van der Waals surface area (Å²) in [6.07, 6.45) is -4.57. The Morgan fingerprint density at radius 1 is 1.00 bits per heavy atom. The van der Waals surface area contributed by atoms with E-state index in [1.165, 1.54) is 31.2 Å². The highest BCUT2D eigenvalue weighted by atomic mass is 35.5. The maximum absolute atomic E-state index is 12.8. The molecule has 0 spiro atoms. The van der Waals surface area contributed by atoms with Gasteiger partial charge < -0.3 is 14.2 Å². The van der Waals surface area contributed by atoms with Crippen molar-refractivity contribution in [3.8, 4) is 0 Å². The molecule has 1 aliphatic heterocycles. The third kappa shape index (κ3) is 4.59. The van der Waals surface area contributed by atoms with Crippen molar-refractivity contribution in [2.24, 2.45) is 0 Å². The van der Waals surface area contributed by atoms with Gasteiger partial charge in [0.05, 0.1) is 12.5 Å². The van der Waals surface area contributed by atoms with Crippen LogP contribution in [0.1, 0.15) is 35.2 Å². The van der Waals surface area contributed by atoms with Gasteiger partial charge in [-0.25, -0.2) is 14.4 Å². The fourth-order valence-corrected chi connectivity index (χ4v) is 3.57. The second-order valence-electron chi connectivity index (χ2n) is 7.31. The highest BCUT2D eigenvalue weighted by molar-refractivity contribution is 6.24. The van der Waals surface area contributed by atoms with Crippen molar-refractivity contribution < 1.29 is 25.2 Å². The molecule has 1 N–H and O–H groups in total. The van der Waals surface area contributed by atoms with Crippen molar-refractivity contribution >= 4 is 23.5 Å². The van der Waals surface area contributed by atoms with Gasteiger partial charge in [0.2, 0.25) is 6.29 Å². The van der Waals surface area contributed by atoms with Gasteiger partial charge in [0.1, 0.15) is 4.87 Å². The van der Waals surface area contributed by atoms with Gasteiger partial charge in [-0.2, -0.15) is 0 Å². The second kappa shape index (κ2) is 9.05. The molecule has 170 valence electrons. The fourth-order valence-electron chi connectivity index (χ4n) is 3.29. The van der Waals surface area contributed by atoms with Crippen molar-refractivity contribution in [3.63, 3.8) is 0 Å². The number of esters is 2. The van der Waals surface area contributed by atoms with Gasteiger partial charge in [0, 0.05) is 12.3 Å². The van der Waals surface area contributed by atoms with Crippen LogP contribution >= 0.6 is 11.6 Å². The quantitative estimate of drug-likeness (QED) is 0.448. The Kier molecular flexibility index (Phi) is 5.80. The van der Waals surface area contributed by atoms with Crippen molar-refractivity contribution in [2.45, 2.75) is 30.4 Å². The number of hydrogen-bond donors (Lipinski definition) is 1. The predicted molar refractivity (Wildman–Crippen MR) is 117 cm³/mol. The first-order valence-electron chi connectivity index (χ1n) is 10.3. The van der Waals surface area contributed by atoms with E-state index in [2.05, 4.69) is 0 Å². The molecule has 1 fully saturated rings. The van der Waals surface area contributed by atoms with E-state index in [1.807, 2.05) is 4.98 Å². The van der Waals surface area contributed by atoms with E-state index in [1.54, 1.807) is 36.4 Å². The molecule has 9 nitrogen and oxygen atoms in total.